The number of hydrogen-bond donors (Lipinski definition) is 8. The van der Waals surface area contributed by atoms with Crippen LogP contribution in [0.1, 0.15) is 32.3 Å². The van der Waals surface area contributed by atoms with Gasteiger partial charge in [-0.25, -0.2) is 4.79 Å². The number of thiol groups is 1. The normalized spacial score (nSPS) is 14.3. The third-order valence-electron chi connectivity index (χ3n) is 5.09. The van der Waals surface area contributed by atoms with Crippen LogP contribution < -0.4 is 27.4 Å². The van der Waals surface area contributed by atoms with E-state index >= 15 is 0 Å². The molecule has 12 nitrogen and oxygen atoms in total. The van der Waals surface area contributed by atoms with E-state index in [0.717, 1.165) is 0 Å². The zero-order valence-corrected chi connectivity index (χ0v) is 20.5. The Hall–Kier alpha value is -3.32. The molecule has 1 rings (SSSR count). The molecule has 13 heteroatoms. The Morgan fingerprint density at radius 3 is 1.97 bits per heavy atom. The number of phenols is 1. The number of primary amides is 1. The molecule has 0 bridgehead atoms. The number of rotatable bonds is 14. The number of carboxylic acids is 1. The lowest BCUT2D eigenvalue weighted by Gasteiger charge is -2.25. The van der Waals surface area contributed by atoms with Crippen LogP contribution in [-0.4, -0.2) is 69.7 Å². The highest BCUT2D eigenvalue weighted by Gasteiger charge is 2.31. The van der Waals surface area contributed by atoms with Crippen LogP contribution >= 0.6 is 12.6 Å². The molecule has 9 N–H and O–H groups in total. The topological polar surface area (TPSA) is 214 Å². The number of benzene rings is 1. The standard InChI is InChI=1S/C22H33N5O7S/c1-11(2)18(22(33)34)27-21(32)16(10-35)26-20(31)15(7-8-17(24)29)25-19(30)14(23)9-12-3-5-13(28)6-4-12/h3-6,11,14-16,18,28,35H,7-10,23H2,1-2H3,(H2,24,29)(H,25,30)(H,26,31)(H,27,32)(H,33,34). The second kappa shape index (κ2) is 14.2. The second-order valence-electron chi connectivity index (χ2n) is 8.36. The molecule has 0 saturated heterocycles. The van der Waals surface area contributed by atoms with Crippen LogP contribution in [0.15, 0.2) is 24.3 Å². The maximum Gasteiger partial charge on any atom is 0.326 e. The van der Waals surface area contributed by atoms with Crippen LogP contribution in [0.4, 0.5) is 0 Å². The van der Waals surface area contributed by atoms with Crippen molar-refractivity contribution >= 4 is 42.2 Å². The van der Waals surface area contributed by atoms with Crippen molar-refractivity contribution in [2.45, 2.75) is 57.3 Å². The quantitative estimate of drug-likeness (QED) is 0.139. The van der Waals surface area contributed by atoms with Gasteiger partial charge in [0, 0.05) is 12.2 Å². The molecule has 0 aliphatic rings. The smallest absolute Gasteiger partial charge is 0.326 e. The third kappa shape index (κ3) is 10.2. The van der Waals surface area contributed by atoms with Gasteiger partial charge < -0.3 is 37.6 Å². The first kappa shape index (κ1) is 29.7. The van der Waals surface area contributed by atoms with Crippen LogP contribution in [0.25, 0.3) is 0 Å². The van der Waals surface area contributed by atoms with Gasteiger partial charge in [-0.2, -0.15) is 12.6 Å². The Bertz CT molecular complexity index is 910. The summed E-state index contributed by atoms with van der Waals surface area (Å²) in [5, 5.41) is 25.9. The summed E-state index contributed by atoms with van der Waals surface area (Å²) >= 11 is 4.05. The number of carboxylic acid groups (broad SMARTS) is 1. The lowest BCUT2D eigenvalue weighted by atomic mass is 10.0. The minimum absolute atomic E-state index is 0.0563. The van der Waals surface area contributed by atoms with Crippen LogP contribution in [-0.2, 0) is 30.4 Å². The number of amides is 4. The number of nitrogens with one attached hydrogen (secondary N) is 3. The van der Waals surface area contributed by atoms with E-state index in [0.29, 0.717) is 5.56 Å². The zero-order valence-electron chi connectivity index (χ0n) is 19.6. The molecule has 0 saturated carbocycles. The van der Waals surface area contributed by atoms with Crippen LogP contribution in [0.2, 0.25) is 0 Å². The molecule has 4 unspecified atom stereocenters. The molecule has 0 radical (unpaired) electrons. The Morgan fingerprint density at radius 1 is 0.943 bits per heavy atom. The summed E-state index contributed by atoms with van der Waals surface area (Å²) in [6.45, 7) is 3.23. The summed E-state index contributed by atoms with van der Waals surface area (Å²) in [5.41, 5.74) is 11.8. The predicted molar refractivity (Wildman–Crippen MR) is 130 cm³/mol. The highest BCUT2D eigenvalue weighted by molar-refractivity contribution is 7.80. The summed E-state index contributed by atoms with van der Waals surface area (Å²) < 4.78 is 0. The summed E-state index contributed by atoms with van der Waals surface area (Å²) in [7, 11) is 0. The Morgan fingerprint density at radius 2 is 1.49 bits per heavy atom. The fourth-order valence-electron chi connectivity index (χ4n) is 3.05. The molecule has 0 fully saturated rings. The van der Waals surface area contributed by atoms with E-state index < -0.39 is 59.7 Å². The summed E-state index contributed by atoms with van der Waals surface area (Å²) in [6.07, 6.45) is -0.259. The molecule has 194 valence electrons. The van der Waals surface area contributed by atoms with Gasteiger partial charge in [0.25, 0.3) is 0 Å². The van der Waals surface area contributed by atoms with Gasteiger partial charge in [-0.05, 0) is 36.5 Å². The van der Waals surface area contributed by atoms with Crippen molar-refractivity contribution in [1.29, 1.82) is 0 Å². The van der Waals surface area contributed by atoms with Gasteiger partial charge in [-0.3, -0.25) is 19.2 Å². The lowest BCUT2D eigenvalue weighted by Crippen LogP contribution is -2.58. The first-order valence-corrected chi connectivity index (χ1v) is 11.6. The van der Waals surface area contributed by atoms with Crippen molar-refractivity contribution in [3.05, 3.63) is 29.8 Å². The van der Waals surface area contributed by atoms with Gasteiger partial charge in [0.05, 0.1) is 6.04 Å². The number of phenolic OH excluding ortho intramolecular Hbond substituents is 1. The SMILES string of the molecule is CC(C)C(NC(=O)C(CS)NC(=O)C(CCC(N)=O)NC(=O)C(N)Cc1ccc(O)cc1)C(=O)O. The van der Waals surface area contributed by atoms with Gasteiger partial charge in [0.2, 0.25) is 23.6 Å². The molecule has 4 atom stereocenters. The largest absolute Gasteiger partial charge is 0.508 e. The summed E-state index contributed by atoms with van der Waals surface area (Å²) in [6, 6.07) is 1.41. The average Bonchev–Trinajstić information content (AvgIpc) is 2.78. The van der Waals surface area contributed by atoms with Crippen LogP contribution in [0.5, 0.6) is 5.75 Å². The molecule has 0 spiro atoms. The Labute approximate surface area is 208 Å². The Balaban J connectivity index is 2.89. The second-order valence-corrected chi connectivity index (χ2v) is 8.72. The van der Waals surface area contributed by atoms with Gasteiger partial charge >= 0.3 is 5.97 Å². The molecule has 4 amide bonds. The van der Waals surface area contributed by atoms with Crippen molar-refractivity contribution in [1.82, 2.24) is 16.0 Å². The van der Waals surface area contributed by atoms with Gasteiger partial charge in [-0.15, -0.1) is 0 Å². The number of carbonyl (C=O) groups is 5. The highest BCUT2D eigenvalue weighted by Crippen LogP contribution is 2.11. The van der Waals surface area contributed by atoms with Crippen LogP contribution in [0, 0.1) is 5.92 Å². The molecular weight excluding hydrogens is 478 g/mol. The fraction of sp³-hybridized carbons (Fsp3) is 0.500. The third-order valence-corrected chi connectivity index (χ3v) is 5.45. The van der Waals surface area contributed by atoms with Gasteiger partial charge in [0.1, 0.15) is 23.9 Å². The van der Waals surface area contributed by atoms with E-state index in [4.69, 9.17) is 11.5 Å². The number of carbonyl (C=O) groups excluding carboxylic acids is 4. The molecular formula is C22H33N5O7S. The number of aromatic hydroxyl groups is 1. The molecule has 0 heterocycles. The first-order chi connectivity index (χ1) is 16.3. The summed E-state index contributed by atoms with van der Waals surface area (Å²) in [5.74, 6) is -4.67. The Kier molecular flexibility index (Phi) is 12.0. The van der Waals surface area contributed by atoms with Gasteiger partial charge in [-0.1, -0.05) is 26.0 Å². The highest BCUT2D eigenvalue weighted by atomic mass is 32.1. The minimum atomic E-state index is -1.24. The van der Waals surface area contributed by atoms with E-state index in [9.17, 15) is 34.2 Å². The van der Waals surface area contributed by atoms with E-state index in [2.05, 4.69) is 28.6 Å². The van der Waals surface area contributed by atoms with Crippen molar-refractivity contribution in [3.8, 4) is 5.75 Å². The molecule has 0 aliphatic carbocycles. The van der Waals surface area contributed by atoms with Crippen molar-refractivity contribution in [2.24, 2.45) is 17.4 Å². The maximum atomic E-state index is 12.9. The number of hydrogen-bond acceptors (Lipinski definition) is 8. The van der Waals surface area contributed by atoms with E-state index in [1.165, 1.54) is 12.1 Å². The van der Waals surface area contributed by atoms with E-state index in [1.807, 2.05) is 0 Å². The first-order valence-electron chi connectivity index (χ1n) is 10.9. The van der Waals surface area contributed by atoms with Gasteiger partial charge in [0.15, 0.2) is 0 Å². The zero-order chi connectivity index (χ0) is 26.7. The maximum absolute atomic E-state index is 12.9. The predicted octanol–water partition coefficient (Wildman–Crippen LogP) is -1.35. The number of aliphatic carboxylic acids is 1. The summed E-state index contributed by atoms with van der Waals surface area (Å²) in [4.78, 5) is 60.6. The monoisotopic (exact) mass is 511 g/mol. The molecule has 0 aliphatic heterocycles. The fourth-order valence-corrected chi connectivity index (χ4v) is 3.30. The van der Waals surface area contributed by atoms with E-state index in [-0.39, 0.29) is 30.8 Å². The lowest BCUT2D eigenvalue weighted by molar-refractivity contribution is -0.143. The van der Waals surface area contributed by atoms with Crippen molar-refractivity contribution in [2.75, 3.05) is 5.75 Å². The average molecular weight is 512 g/mol. The minimum Gasteiger partial charge on any atom is -0.508 e. The van der Waals surface area contributed by atoms with E-state index in [1.54, 1.807) is 26.0 Å². The van der Waals surface area contributed by atoms with Crippen molar-refractivity contribution in [3.63, 3.8) is 0 Å². The molecule has 35 heavy (non-hydrogen) atoms. The number of nitrogens with two attached hydrogens (primary N) is 2. The van der Waals surface area contributed by atoms with Crippen LogP contribution in [0.3, 0.4) is 0 Å². The molecule has 0 aromatic heterocycles. The molecule has 1 aromatic carbocycles. The van der Waals surface area contributed by atoms with Crippen molar-refractivity contribution < 1.29 is 34.2 Å². The molecule has 1 aromatic rings.